The first kappa shape index (κ1) is 18.0. The van der Waals surface area contributed by atoms with Gasteiger partial charge in [0.15, 0.2) is 23.0 Å². The largest absolute Gasteiger partial charge is 0.493 e. The maximum atomic E-state index is 5.94. The Labute approximate surface area is 173 Å². The van der Waals surface area contributed by atoms with Crippen LogP contribution in [0, 0.1) is 0 Å². The van der Waals surface area contributed by atoms with Crippen LogP contribution in [0.15, 0.2) is 60.0 Å². The molecule has 0 aliphatic carbocycles. The van der Waals surface area contributed by atoms with Gasteiger partial charge in [-0.15, -0.1) is 0 Å². The maximum Gasteiger partial charge on any atom is 0.180 e. The number of benzene rings is 2. The van der Waals surface area contributed by atoms with Gasteiger partial charge in [-0.2, -0.15) is 0 Å². The fourth-order valence-electron chi connectivity index (χ4n) is 3.59. The average Bonchev–Trinajstić information content (AvgIpc) is 3.40. The Morgan fingerprint density at radius 1 is 1.07 bits per heavy atom. The molecule has 0 bridgehead atoms. The van der Waals surface area contributed by atoms with Gasteiger partial charge in [0.1, 0.15) is 5.84 Å². The van der Waals surface area contributed by atoms with Crippen molar-refractivity contribution >= 4 is 23.0 Å². The number of aromatic nitrogens is 3. The van der Waals surface area contributed by atoms with Gasteiger partial charge in [-0.3, -0.25) is 4.99 Å². The van der Waals surface area contributed by atoms with Gasteiger partial charge in [-0.1, -0.05) is 12.1 Å². The van der Waals surface area contributed by atoms with E-state index < -0.39 is 0 Å². The molecule has 3 N–H and O–H groups in total. The number of nitrogens with one attached hydrogen (secondary N) is 1. The molecule has 0 unspecified atom stereocenters. The molecule has 2 aromatic heterocycles. The van der Waals surface area contributed by atoms with E-state index in [1.807, 2.05) is 47.1 Å². The van der Waals surface area contributed by atoms with E-state index >= 15 is 0 Å². The smallest absolute Gasteiger partial charge is 0.180 e. The van der Waals surface area contributed by atoms with Gasteiger partial charge in [0, 0.05) is 41.5 Å². The lowest BCUT2D eigenvalue weighted by Gasteiger charge is -2.13. The van der Waals surface area contributed by atoms with E-state index in [1.165, 1.54) is 0 Å². The van der Waals surface area contributed by atoms with Gasteiger partial charge in [0.05, 0.1) is 26.5 Å². The first-order valence-corrected chi connectivity index (χ1v) is 9.42. The second-order valence-corrected chi connectivity index (χ2v) is 6.90. The van der Waals surface area contributed by atoms with E-state index in [0.717, 1.165) is 33.7 Å². The van der Waals surface area contributed by atoms with E-state index in [0.29, 0.717) is 29.7 Å². The molecule has 0 saturated carbocycles. The average molecular weight is 400 g/mol. The van der Waals surface area contributed by atoms with Crippen molar-refractivity contribution in [2.45, 2.75) is 6.54 Å². The van der Waals surface area contributed by atoms with E-state index in [2.05, 4.69) is 21.4 Å². The van der Waals surface area contributed by atoms with E-state index in [1.54, 1.807) is 20.4 Å². The molecule has 0 fully saturated rings. The Morgan fingerprint density at radius 2 is 1.93 bits per heavy atom. The Morgan fingerprint density at radius 3 is 2.77 bits per heavy atom. The molecular formula is C22H20N6O2. The minimum atomic E-state index is 0.588. The highest BCUT2D eigenvalue weighted by molar-refractivity contribution is 6.01. The fourth-order valence-corrected chi connectivity index (χ4v) is 3.59. The standard InChI is InChI=1S/C22H20N6O2/c1-29-18-6-4-15(10-19(18)30-2)26-21-22-24-7-8-28(22)12-17(27-21)13-3-5-16-14(9-13)11-25-20(16)23/h3-10,12H,11H2,1-2H3,(H2,23,25)(H,26,27). The van der Waals surface area contributed by atoms with Crippen molar-refractivity contribution in [1.82, 2.24) is 14.4 Å². The summed E-state index contributed by atoms with van der Waals surface area (Å²) in [7, 11) is 3.22. The predicted octanol–water partition coefficient (Wildman–Crippen LogP) is 3.38. The van der Waals surface area contributed by atoms with Gasteiger partial charge in [-0.25, -0.2) is 9.97 Å². The molecule has 3 heterocycles. The summed E-state index contributed by atoms with van der Waals surface area (Å²) in [5, 5.41) is 3.36. The molecule has 2 aromatic carbocycles. The monoisotopic (exact) mass is 400 g/mol. The van der Waals surface area contributed by atoms with Crippen molar-refractivity contribution in [3.05, 3.63) is 66.1 Å². The Bertz CT molecular complexity index is 1290. The van der Waals surface area contributed by atoms with Gasteiger partial charge >= 0.3 is 0 Å². The molecule has 8 heteroatoms. The zero-order chi connectivity index (χ0) is 20.7. The zero-order valence-electron chi connectivity index (χ0n) is 16.6. The summed E-state index contributed by atoms with van der Waals surface area (Å²) < 4.78 is 12.7. The molecular weight excluding hydrogens is 380 g/mol. The first-order chi connectivity index (χ1) is 14.7. The highest BCUT2D eigenvalue weighted by Gasteiger charge is 2.16. The lowest BCUT2D eigenvalue weighted by atomic mass is 10.0. The number of nitrogens with zero attached hydrogens (tertiary/aromatic N) is 4. The molecule has 150 valence electrons. The Kier molecular flexibility index (Phi) is 4.24. The Hall–Kier alpha value is -4.07. The fraction of sp³-hybridized carbons (Fsp3) is 0.136. The SMILES string of the molecule is COc1ccc(Nc2nc(-c3ccc4c(c3)CN=C4N)cn3ccnc23)cc1OC. The van der Waals surface area contributed by atoms with Crippen LogP contribution in [0.25, 0.3) is 16.9 Å². The van der Waals surface area contributed by atoms with Crippen molar-refractivity contribution in [3.8, 4) is 22.8 Å². The van der Waals surface area contributed by atoms with Crippen molar-refractivity contribution < 1.29 is 9.47 Å². The number of methoxy groups -OCH3 is 2. The quantitative estimate of drug-likeness (QED) is 0.533. The molecule has 0 amide bonds. The highest BCUT2D eigenvalue weighted by Crippen LogP contribution is 2.32. The second kappa shape index (κ2) is 7.07. The second-order valence-electron chi connectivity index (χ2n) is 6.90. The van der Waals surface area contributed by atoms with Crippen LogP contribution < -0.4 is 20.5 Å². The third-order valence-electron chi connectivity index (χ3n) is 5.12. The number of fused-ring (bicyclic) bond motifs is 2. The van der Waals surface area contributed by atoms with Crippen LogP contribution in [0.3, 0.4) is 0 Å². The molecule has 0 atom stereocenters. The van der Waals surface area contributed by atoms with E-state index in [-0.39, 0.29) is 0 Å². The normalized spacial score (nSPS) is 12.5. The molecule has 8 nitrogen and oxygen atoms in total. The summed E-state index contributed by atoms with van der Waals surface area (Å²) in [6.45, 7) is 0.596. The third kappa shape index (κ3) is 2.98. The van der Waals surface area contributed by atoms with Crippen molar-refractivity contribution in [2.24, 2.45) is 10.7 Å². The Balaban J connectivity index is 1.56. The van der Waals surface area contributed by atoms with Crippen LogP contribution in [0.5, 0.6) is 11.5 Å². The highest BCUT2D eigenvalue weighted by atomic mass is 16.5. The van der Waals surface area contributed by atoms with E-state index in [9.17, 15) is 0 Å². The number of amidine groups is 1. The summed E-state index contributed by atoms with van der Waals surface area (Å²) >= 11 is 0. The first-order valence-electron chi connectivity index (χ1n) is 9.42. The van der Waals surface area contributed by atoms with Crippen LogP contribution in [-0.2, 0) is 6.54 Å². The predicted molar refractivity (Wildman–Crippen MR) is 116 cm³/mol. The summed E-state index contributed by atoms with van der Waals surface area (Å²) in [6, 6.07) is 11.7. The summed E-state index contributed by atoms with van der Waals surface area (Å²) in [4.78, 5) is 13.6. The van der Waals surface area contributed by atoms with Crippen LogP contribution in [0.4, 0.5) is 11.5 Å². The van der Waals surface area contributed by atoms with E-state index in [4.69, 9.17) is 20.2 Å². The van der Waals surface area contributed by atoms with Crippen molar-refractivity contribution in [3.63, 3.8) is 0 Å². The van der Waals surface area contributed by atoms with Crippen LogP contribution in [0.2, 0.25) is 0 Å². The van der Waals surface area contributed by atoms with Crippen LogP contribution in [0.1, 0.15) is 11.1 Å². The summed E-state index contributed by atoms with van der Waals surface area (Å²) in [5.41, 5.74) is 11.4. The van der Waals surface area contributed by atoms with Crippen LogP contribution >= 0.6 is 0 Å². The molecule has 0 radical (unpaired) electrons. The van der Waals surface area contributed by atoms with Gasteiger partial charge in [0.25, 0.3) is 0 Å². The number of hydrogen-bond donors (Lipinski definition) is 2. The number of hydrogen-bond acceptors (Lipinski definition) is 7. The van der Waals surface area contributed by atoms with Gasteiger partial charge < -0.3 is 24.9 Å². The molecule has 0 spiro atoms. The zero-order valence-corrected chi connectivity index (χ0v) is 16.6. The maximum absolute atomic E-state index is 5.94. The number of aliphatic imine (C=N–C) groups is 1. The van der Waals surface area contributed by atoms with Crippen LogP contribution in [-0.4, -0.2) is 34.4 Å². The van der Waals surface area contributed by atoms with Gasteiger partial charge in [0.2, 0.25) is 0 Å². The summed E-state index contributed by atoms with van der Waals surface area (Å²) in [6.07, 6.45) is 5.61. The lowest BCUT2D eigenvalue weighted by Crippen LogP contribution is -2.10. The molecule has 30 heavy (non-hydrogen) atoms. The van der Waals surface area contributed by atoms with Crippen molar-refractivity contribution in [2.75, 3.05) is 19.5 Å². The minimum Gasteiger partial charge on any atom is -0.493 e. The number of nitrogens with two attached hydrogens (primary N) is 1. The van der Waals surface area contributed by atoms with Gasteiger partial charge in [-0.05, 0) is 23.8 Å². The minimum absolute atomic E-state index is 0.588. The lowest BCUT2D eigenvalue weighted by molar-refractivity contribution is 0.355. The molecule has 4 aromatic rings. The molecule has 1 aliphatic heterocycles. The molecule has 1 aliphatic rings. The number of ether oxygens (including phenoxy) is 2. The number of imidazole rings is 1. The summed E-state index contributed by atoms with van der Waals surface area (Å²) in [5.74, 6) is 2.52. The van der Waals surface area contributed by atoms with Crippen molar-refractivity contribution in [1.29, 1.82) is 0 Å². The third-order valence-corrected chi connectivity index (χ3v) is 5.12. The molecule has 5 rings (SSSR count). The topological polar surface area (TPSA) is 99.1 Å². The molecule has 0 saturated heterocycles. The number of rotatable bonds is 5. The number of anilines is 2.